The van der Waals surface area contributed by atoms with Gasteiger partial charge in [-0.15, -0.1) is 0 Å². The summed E-state index contributed by atoms with van der Waals surface area (Å²) in [6, 6.07) is 11.3. The number of aromatic hydroxyl groups is 1. The maximum absolute atomic E-state index is 13.2. The second-order valence-corrected chi connectivity index (χ2v) is 4.80. The molecule has 0 aromatic heterocycles. The van der Waals surface area contributed by atoms with Gasteiger partial charge in [-0.1, -0.05) is 29.8 Å². The Morgan fingerprint density at radius 3 is 2.74 bits per heavy atom. The van der Waals surface area contributed by atoms with Gasteiger partial charge >= 0.3 is 0 Å². The van der Waals surface area contributed by atoms with Gasteiger partial charge in [-0.05, 0) is 36.8 Å². The quantitative estimate of drug-likeness (QED) is 0.885. The van der Waals surface area contributed by atoms with E-state index in [1.165, 1.54) is 18.2 Å². The van der Waals surface area contributed by atoms with E-state index < -0.39 is 0 Å². The van der Waals surface area contributed by atoms with Crippen molar-refractivity contribution in [3.05, 3.63) is 64.4 Å². The Kier molecular flexibility index (Phi) is 4.40. The average Bonchev–Trinajstić information content (AvgIpc) is 2.40. The van der Waals surface area contributed by atoms with Crippen molar-refractivity contribution >= 4 is 11.6 Å². The summed E-state index contributed by atoms with van der Waals surface area (Å²) in [5.74, 6) is -0.278. The van der Waals surface area contributed by atoms with Crippen LogP contribution in [0.4, 0.5) is 4.39 Å². The molecule has 4 heteroatoms. The number of rotatable bonds is 4. The van der Waals surface area contributed by atoms with Crippen molar-refractivity contribution < 1.29 is 9.50 Å². The van der Waals surface area contributed by atoms with E-state index in [0.29, 0.717) is 17.1 Å². The predicted molar refractivity (Wildman–Crippen MR) is 74.8 cm³/mol. The number of phenols is 1. The summed E-state index contributed by atoms with van der Waals surface area (Å²) >= 11 is 6.06. The Hall–Kier alpha value is -1.58. The highest BCUT2D eigenvalue weighted by atomic mass is 35.5. The van der Waals surface area contributed by atoms with Crippen LogP contribution in [0.3, 0.4) is 0 Å². The van der Waals surface area contributed by atoms with E-state index in [-0.39, 0.29) is 17.6 Å². The van der Waals surface area contributed by atoms with E-state index in [2.05, 4.69) is 5.32 Å². The van der Waals surface area contributed by atoms with Crippen molar-refractivity contribution in [2.45, 2.75) is 19.5 Å². The van der Waals surface area contributed by atoms with Gasteiger partial charge in [-0.2, -0.15) is 0 Å². The van der Waals surface area contributed by atoms with E-state index in [4.69, 9.17) is 11.6 Å². The van der Waals surface area contributed by atoms with Crippen molar-refractivity contribution in [2.75, 3.05) is 0 Å². The Morgan fingerprint density at radius 1 is 1.26 bits per heavy atom. The van der Waals surface area contributed by atoms with E-state index in [9.17, 15) is 9.50 Å². The predicted octanol–water partition coefficient (Wildman–Crippen LogP) is 4.04. The van der Waals surface area contributed by atoms with Crippen LogP contribution in [-0.4, -0.2) is 5.11 Å². The molecule has 0 spiro atoms. The highest BCUT2D eigenvalue weighted by Gasteiger charge is 2.11. The van der Waals surface area contributed by atoms with Gasteiger partial charge in [0, 0.05) is 23.2 Å². The molecular weight excluding hydrogens is 265 g/mol. The van der Waals surface area contributed by atoms with Crippen LogP contribution in [0, 0.1) is 5.82 Å². The highest BCUT2D eigenvalue weighted by Crippen LogP contribution is 2.25. The van der Waals surface area contributed by atoms with E-state index in [0.717, 1.165) is 5.56 Å². The van der Waals surface area contributed by atoms with Crippen LogP contribution in [0.15, 0.2) is 42.5 Å². The molecule has 1 unspecified atom stereocenters. The van der Waals surface area contributed by atoms with E-state index in [1.54, 1.807) is 0 Å². The van der Waals surface area contributed by atoms with Crippen molar-refractivity contribution in [3.8, 4) is 5.75 Å². The third-order valence-corrected chi connectivity index (χ3v) is 3.38. The van der Waals surface area contributed by atoms with Gasteiger partial charge in [0.2, 0.25) is 0 Å². The first-order chi connectivity index (χ1) is 9.08. The molecule has 2 N–H and O–H groups in total. The third-order valence-electron chi connectivity index (χ3n) is 3.01. The third kappa shape index (κ3) is 3.46. The standard InChI is InChI=1S/C15H15ClFNO/c1-10(13-8-12(17)6-7-15(13)19)18-9-11-4-2-3-5-14(11)16/h2-8,10,18-19H,9H2,1H3. The summed E-state index contributed by atoms with van der Waals surface area (Å²) < 4.78 is 13.2. The molecule has 0 amide bonds. The van der Waals surface area contributed by atoms with Crippen molar-refractivity contribution in [2.24, 2.45) is 0 Å². The summed E-state index contributed by atoms with van der Waals surface area (Å²) in [5, 5.41) is 13.6. The molecule has 0 saturated heterocycles. The first-order valence-electron chi connectivity index (χ1n) is 6.03. The smallest absolute Gasteiger partial charge is 0.123 e. The summed E-state index contributed by atoms with van der Waals surface area (Å²) in [6.45, 7) is 2.42. The normalized spacial score (nSPS) is 12.4. The van der Waals surface area contributed by atoms with E-state index >= 15 is 0 Å². The molecule has 2 aromatic rings. The molecule has 0 aliphatic carbocycles. The highest BCUT2D eigenvalue weighted by molar-refractivity contribution is 6.31. The second kappa shape index (κ2) is 6.04. The van der Waals surface area contributed by atoms with Gasteiger partial charge < -0.3 is 10.4 Å². The van der Waals surface area contributed by atoms with Crippen LogP contribution in [0.25, 0.3) is 0 Å². The number of hydrogen-bond acceptors (Lipinski definition) is 2. The second-order valence-electron chi connectivity index (χ2n) is 4.40. The molecule has 0 fully saturated rings. The van der Waals surface area contributed by atoms with Crippen LogP contribution in [-0.2, 0) is 6.54 Å². The van der Waals surface area contributed by atoms with Crippen LogP contribution in [0.2, 0.25) is 5.02 Å². The minimum Gasteiger partial charge on any atom is -0.508 e. The number of halogens is 2. The SMILES string of the molecule is CC(NCc1ccccc1Cl)c1cc(F)ccc1O. The Morgan fingerprint density at radius 2 is 2.00 bits per heavy atom. The Bertz CT molecular complexity index is 574. The van der Waals surface area contributed by atoms with Crippen molar-refractivity contribution in [3.63, 3.8) is 0 Å². The van der Waals surface area contributed by atoms with Gasteiger partial charge in [-0.3, -0.25) is 0 Å². The molecule has 0 heterocycles. The summed E-state index contributed by atoms with van der Waals surface area (Å²) in [4.78, 5) is 0. The fourth-order valence-corrected chi connectivity index (χ4v) is 2.09. The average molecular weight is 280 g/mol. The molecule has 100 valence electrons. The molecule has 2 rings (SSSR count). The minimum absolute atomic E-state index is 0.0839. The molecule has 0 aliphatic heterocycles. The first-order valence-corrected chi connectivity index (χ1v) is 6.41. The Balaban J connectivity index is 2.07. The van der Waals surface area contributed by atoms with Gasteiger partial charge in [0.1, 0.15) is 11.6 Å². The zero-order valence-electron chi connectivity index (χ0n) is 10.5. The molecule has 0 bridgehead atoms. The molecule has 2 nitrogen and oxygen atoms in total. The fourth-order valence-electron chi connectivity index (χ4n) is 1.89. The molecule has 0 saturated carbocycles. The maximum atomic E-state index is 13.2. The largest absolute Gasteiger partial charge is 0.508 e. The van der Waals surface area contributed by atoms with Gasteiger partial charge in [0.15, 0.2) is 0 Å². The van der Waals surface area contributed by atoms with Gasteiger partial charge in [0.05, 0.1) is 0 Å². The Labute approximate surface area is 116 Å². The minimum atomic E-state index is -0.362. The van der Waals surface area contributed by atoms with Gasteiger partial charge in [-0.25, -0.2) is 4.39 Å². The number of benzene rings is 2. The molecule has 1 atom stereocenters. The summed E-state index contributed by atoms with van der Waals surface area (Å²) in [5.41, 5.74) is 1.50. The first kappa shape index (κ1) is 13.8. The lowest BCUT2D eigenvalue weighted by Crippen LogP contribution is -2.18. The van der Waals surface area contributed by atoms with Crippen LogP contribution in [0.1, 0.15) is 24.1 Å². The number of phenolic OH excluding ortho intramolecular Hbond substituents is 1. The van der Waals surface area contributed by atoms with Crippen molar-refractivity contribution in [1.82, 2.24) is 5.32 Å². The van der Waals surface area contributed by atoms with Gasteiger partial charge in [0.25, 0.3) is 0 Å². The van der Waals surface area contributed by atoms with Crippen molar-refractivity contribution in [1.29, 1.82) is 0 Å². The lowest BCUT2D eigenvalue weighted by molar-refractivity contribution is 0.449. The summed E-state index contributed by atoms with van der Waals surface area (Å²) in [6.07, 6.45) is 0. The van der Waals surface area contributed by atoms with E-state index in [1.807, 2.05) is 31.2 Å². The molecule has 19 heavy (non-hydrogen) atoms. The zero-order chi connectivity index (χ0) is 13.8. The van der Waals surface area contributed by atoms with Crippen LogP contribution in [0.5, 0.6) is 5.75 Å². The molecule has 2 aromatic carbocycles. The molecule has 0 aliphatic rings. The number of nitrogens with one attached hydrogen (secondary N) is 1. The number of hydrogen-bond donors (Lipinski definition) is 2. The summed E-state index contributed by atoms with van der Waals surface area (Å²) in [7, 11) is 0. The maximum Gasteiger partial charge on any atom is 0.123 e. The lowest BCUT2D eigenvalue weighted by Gasteiger charge is -2.16. The van der Waals surface area contributed by atoms with Crippen LogP contribution < -0.4 is 5.32 Å². The monoisotopic (exact) mass is 279 g/mol. The lowest BCUT2D eigenvalue weighted by atomic mass is 10.1. The molecular formula is C15H15ClFNO. The van der Waals surface area contributed by atoms with Crippen LogP contribution >= 0.6 is 11.6 Å². The molecule has 0 radical (unpaired) electrons. The fraction of sp³-hybridized carbons (Fsp3) is 0.200. The topological polar surface area (TPSA) is 32.3 Å². The zero-order valence-corrected chi connectivity index (χ0v) is 11.3.